The predicted octanol–water partition coefficient (Wildman–Crippen LogP) is 6.95. The first-order valence-corrected chi connectivity index (χ1v) is 16.4. The molecular weight excluding hydrogens is 604 g/mol. The van der Waals surface area contributed by atoms with Crippen LogP contribution in [0.15, 0.2) is 103 Å². The Hall–Kier alpha value is -3.27. The third-order valence-electron chi connectivity index (χ3n) is 8.66. The summed E-state index contributed by atoms with van der Waals surface area (Å²) in [7, 11) is 0. The third kappa shape index (κ3) is 7.32. The summed E-state index contributed by atoms with van der Waals surface area (Å²) >= 11 is 6.76. The third-order valence-corrected chi connectivity index (χ3v) is 9.03. The average molecular weight is 643 g/mol. The van der Waals surface area contributed by atoms with Crippen LogP contribution in [0.3, 0.4) is 0 Å². The smallest absolute Gasteiger partial charge is 0.227 e. The van der Waals surface area contributed by atoms with Crippen LogP contribution in [0.1, 0.15) is 47.1 Å². The molecule has 4 atom stereocenters. The first kappa shape index (κ1) is 31.3. The molecule has 2 aliphatic heterocycles. The first-order valence-electron chi connectivity index (χ1n) is 16.0. The predicted molar refractivity (Wildman–Crippen MR) is 173 cm³/mol. The molecule has 3 fully saturated rings. The highest BCUT2D eigenvalue weighted by molar-refractivity contribution is 6.31. The SMILES string of the molecule is OC12COC(c3ccc(Cl)c(Cc4ccc(OCCOC5CC5)cc4)c3)(O1)C(OCc1ccccc1)C(OCc1ccccc1)C2. The second-order valence-corrected chi connectivity index (χ2v) is 12.7. The Labute approximate surface area is 274 Å². The standard InChI is InChI=1S/C38H39ClO7/c39-34-18-13-31(22-30(34)21-27-11-14-32(15-12-27)41-19-20-42-33-16-17-33)38-36(44-25-29-9-5-2-6-10-29)35(23-37(40,46-38)26-45-38)43-24-28-7-3-1-4-8-28/h1-15,18,22,33,35-36,40H,16-17,19-21,23-26H2. The van der Waals surface area contributed by atoms with Crippen LogP contribution < -0.4 is 4.74 Å². The van der Waals surface area contributed by atoms with Gasteiger partial charge < -0.3 is 33.5 Å². The molecule has 1 N–H and O–H groups in total. The molecule has 46 heavy (non-hydrogen) atoms. The van der Waals surface area contributed by atoms with Crippen molar-refractivity contribution < 1.29 is 33.5 Å². The van der Waals surface area contributed by atoms with Gasteiger partial charge in [0.1, 0.15) is 25.1 Å². The van der Waals surface area contributed by atoms with Gasteiger partial charge in [-0.1, -0.05) is 90.5 Å². The van der Waals surface area contributed by atoms with Gasteiger partial charge in [0.15, 0.2) is 5.79 Å². The van der Waals surface area contributed by atoms with Gasteiger partial charge in [-0.3, -0.25) is 0 Å². The maximum absolute atomic E-state index is 11.5. The lowest BCUT2D eigenvalue weighted by atomic mass is 9.88. The van der Waals surface area contributed by atoms with Gasteiger partial charge in [-0.25, -0.2) is 0 Å². The van der Waals surface area contributed by atoms with Crippen molar-refractivity contribution in [3.8, 4) is 5.75 Å². The van der Waals surface area contributed by atoms with Crippen LogP contribution in [-0.4, -0.2) is 49.0 Å². The van der Waals surface area contributed by atoms with E-state index in [2.05, 4.69) is 0 Å². The Morgan fingerprint density at radius 3 is 2.15 bits per heavy atom. The van der Waals surface area contributed by atoms with Gasteiger partial charge in [0, 0.05) is 17.0 Å². The molecule has 4 aromatic carbocycles. The van der Waals surface area contributed by atoms with Crippen LogP contribution in [0.5, 0.6) is 5.75 Å². The van der Waals surface area contributed by atoms with Gasteiger partial charge in [0.2, 0.25) is 5.79 Å². The summed E-state index contributed by atoms with van der Waals surface area (Å²) in [5.41, 5.74) is 4.73. The van der Waals surface area contributed by atoms with Crippen molar-refractivity contribution in [2.45, 2.75) is 68.8 Å². The van der Waals surface area contributed by atoms with Crippen molar-refractivity contribution in [3.63, 3.8) is 0 Å². The van der Waals surface area contributed by atoms with Crippen LogP contribution in [0.25, 0.3) is 0 Å². The van der Waals surface area contributed by atoms with Crippen molar-refractivity contribution >= 4 is 11.6 Å². The zero-order valence-corrected chi connectivity index (χ0v) is 26.4. The van der Waals surface area contributed by atoms with Crippen LogP contribution in [0.4, 0.5) is 0 Å². The molecular formula is C38H39ClO7. The van der Waals surface area contributed by atoms with Crippen molar-refractivity contribution in [2.75, 3.05) is 19.8 Å². The maximum Gasteiger partial charge on any atom is 0.227 e. The number of aliphatic hydroxyl groups is 1. The van der Waals surface area contributed by atoms with Crippen molar-refractivity contribution in [3.05, 3.63) is 136 Å². The lowest BCUT2D eigenvalue weighted by Crippen LogP contribution is -2.57. The lowest BCUT2D eigenvalue weighted by molar-refractivity contribution is -0.352. The average Bonchev–Trinajstić information content (AvgIpc) is 3.86. The van der Waals surface area contributed by atoms with Crippen molar-refractivity contribution in [2.24, 2.45) is 0 Å². The largest absolute Gasteiger partial charge is 0.491 e. The second kappa shape index (κ2) is 13.8. The fourth-order valence-corrected chi connectivity index (χ4v) is 6.32. The fraction of sp³-hybridized carbons (Fsp3) is 0.368. The topological polar surface area (TPSA) is 75.6 Å². The molecule has 8 heteroatoms. The Bertz CT molecular complexity index is 1580. The van der Waals surface area contributed by atoms with Crippen molar-refractivity contribution in [1.29, 1.82) is 0 Å². The Kier molecular flexibility index (Phi) is 9.43. The Morgan fingerprint density at radius 1 is 0.761 bits per heavy atom. The van der Waals surface area contributed by atoms with E-state index in [1.165, 1.54) is 0 Å². The number of halogens is 1. The number of benzene rings is 4. The molecule has 3 aliphatic rings. The number of ether oxygens (including phenoxy) is 6. The highest BCUT2D eigenvalue weighted by Gasteiger charge is 2.64. The van der Waals surface area contributed by atoms with Gasteiger partial charge >= 0.3 is 0 Å². The molecule has 7 rings (SSSR count). The molecule has 0 radical (unpaired) electrons. The fourth-order valence-electron chi connectivity index (χ4n) is 6.14. The molecule has 1 saturated carbocycles. The van der Waals surface area contributed by atoms with Gasteiger partial charge in [-0.2, -0.15) is 0 Å². The second-order valence-electron chi connectivity index (χ2n) is 12.3. The normalized spacial score (nSPS) is 25.4. The highest BCUT2D eigenvalue weighted by Crippen LogP contribution is 2.51. The quantitative estimate of drug-likeness (QED) is 0.149. The highest BCUT2D eigenvalue weighted by atomic mass is 35.5. The zero-order chi connectivity index (χ0) is 31.4. The maximum atomic E-state index is 11.5. The molecule has 0 spiro atoms. The summed E-state index contributed by atoms with van der Waals surface area (Å²) in [6.07, 6.45) is 2.35. The van der Waals surface area contributed by atoms with Crippen molar-refractivity contribution in [1.82, 2.24) is 0 Å². The van der Waals surface area contributed by atoms with Gasteiger partial charge in [-0.05, 0) is 65.8 Å². The molecule has 4 unspecified atom stereocenters. The Morgan fingerprint density at radius 2 is 1.46 bits per heavy atom. The van der Waals surface area contributed by atoms with E-state index in [0.717, 1.165) is 40.8 Å². The minimum atomic E-state index is -1.52. The van der Waals surface area contributed by atoms with E-state index in [9.17, 15) is 5.11 Å². The molecule has 1 aliphatic carbocycles. The first-order chi connectivity index (χ1) is 22.5. The number of hydrogen-bond acceptors (Lipinski definition) is 7. The molecule has 0 aromatic heterocycles. The summed E-state index contributed by atoms with van der Waals surface area (Å²) in [6, 6.07) is 33.7. The zero-order valence-electron chi connectivity index (χ0n) is 25.7. The monoisotopic (exact) mass is 642 g/mol. The van der Waals surface area contributed by atoms with Crippen LogP contribution >= 0.6 is 11.6 Å². The van der Waals surface area contributed by atoms with Crippen LogP contribution in [-0.2, 0) is 49.1 Å². The summed E-state index contributed by atoms with van der Waals surface area (Å²) < 4.78 is 37.5. The van der Waals surface area contributed by atoms with Crippen LogP contribution in [0, 0.1) is 0 Å². The van der Waals surface area contributed by atoms with E-state index < -0.39 is 23.8 Å². The van der Waals surface area contributed by atoms with E-state index in [4.69, 9.17) is 40.0 Å². The number of fused-ring (bicyclic) bond motifs is 2. The summed E-state index contributed by atoms with van der Waals surface area (Å²) in [5, 5.41) is 12.1. The molecule has 240 valence electrons. The van der Waals surface area contributed by atoms with E-state index in [1.54, 1.807) is 0 Å². The number of hydrogen-bond donors (Lipinski definition) is 1. The Balaban J connectivity index is 1.13. The van der Waals surface area contributed by atoms with E-state index in [0.29, 0.717) is 49.5 Å². The molecule has 0 amide bonds. The summed E-state index contributed by atoms with van der Waals surface area (Å²) in [4.78, 5) is 0. The number of rotatable bonds is 14. The summed E-state index contributed by atoms with van der Waals surface area (Å²) in [6.45, 7) is 1.81. The molecule has 2 heterocycles. The van der Waals surface area contributed by atoms with Gasteiger partial charge in [0.25, 0.3) is 0 Å². The molecule has 2 bridgehead atoms. The van der Waals surface area contributed by atoms with Gasteiger partial charge in [0.05, 0.1) is 32.0 Å². The van der Waals surface area contributed by atoms with E-state index in [-0.39, 0.29) is 13.0 Å². The lowest BCUT2D eigenvalue weighted by Gasteiger charge is -2.45. The summed E-state index contributed by atoms with van der Waals surface area (Å²) in [5.74, 6) is -2.12. The van der Waals surface area contributed by atoms with E-state index >= 15 is 0 Å². The minimum Gasteiger partial charge on any atom is -0.491 e. The van der Waals surface area contributed by atoms with Crippen LogP contribution in [0.2, 0.25) is 5.02 Å². The minimum absolute atomic E-state index is 0.00544. The molecule has 7 nitrogen and oxygen atoms in total. The molecule has 4 aromatic rings. The van der Waals surface area contributed by atoms with Gasteiger partial charge in [-0.15, -0.1) is 0 Å². The van der Waals surface area contributed by atoms with E-state index in [1.807, 2.05) is 103 Å². The molecule has 2 saturated heterocycles.